The van der Waals surface area contributed by atoms with Crippen LogP contribution in [0.4, 0.5) is 0 Å². The molecule has 1 fully saturated rings. The first-order valence-corrected chi connectivity index (χ1v) is 5.81. The van der Waals surface area contributed by atoms with Gasteiger partial charge in [-0.2, -0.15) is 0 Å². The third kappa shape index (κ3) is 4.92. The fourth-order valence-corrected chi connectivity index (χ4v) is 1.28. The molecule has 0 heterocycles. The summed E-state index contributed by atoms with van der Waals surface area (Å²) < 4.78 is 0. The highest BCUT2D eigenvalue weighted by molar-refractivity contribution is 5.76. The highest BCUT2D eigenvalue weighted by Crippen LogP contribution is 2.18. The first-order valence-electron chi connectivity index (χ1n) is 5.81. The van der Waals surface area contributed by atoms with Gasteiger partial charge in [-0.25, -0.2) is 0 Å². The van der Waals surface area contributed by atoms with Gasteiger partial charge in [-0.1, -0.05) is 6.92 Å². The van der Waals surface area contributed by atoms with Crippen molar-refractivity contribution in [2.45, 2.75) is 32.2 Å². The van der Waals surface area contributed by atoms with E-state index in [0.717, 1.165) is 12.8 Å². The lowest BCUT2D eigenvalue weighted by atomic mass is 9.93. The maximum absolute atomic E-state index is 11.3. The second-order valence-corrected chi connectivity index (χ2v) is 4.90. The number of rotatable bonds is 8. The van der Waals surface area contributed by atoms with Crippen LogP contribution in [0, 0.1) is 5.41 Å². The van der Waals surface area contributed by atoms with Crippen LogP contribution in [0.15, 0.2) is 0 Å². The monoisotopic (exact) mass is 230 g/mol. The molecule has 1 rings (SSSR count). The zero-order valence-electron chi connectivity index (χ0n) is 9.83. The van der Waals surface area contributed by atoms with E-state index in [1.807, 2.05) is 0 Å². The summed E-state index contributed by atoms with van der Waals surface area (Å²) in [7, 11) is 0. The molecule has 16 heavy (non-hydrogen) atoms. The summed E-state index contributed by atoms with van der Waals surface area (Å²) >= 11 is 0. The number of hydrogen-bond acceptors (Lipinski definition) is 4. The summed E-state index contributed by atoms with van der Waals surface area (Å²) in [5.74, 6) is 0.0738. The van der Waals surface area contributed by atoms with E-state index in [1.165, 1.54) is 0 Å². The zero-order valence-corrected chi connectivity index (χ0v) is 9.83. The van der Waals surface area contributed by atoms with Crippen molar-refractivity contribution in [3.05, 3.63) is 0 Å². The molecule has 0 saturated heterocycles. The molecule has 0 radical (unpaired) electrons. The third-order valence-electron chi connectivity index (χ3n) is 2.79. The van der Waals surface area contributed by atoms with Crippen molar-refractivity contribution in [2.24, 2.45) is 5.41 Å². The predicted molar refractivity (Wildman–Crippen MR) is 60.9 cm³/mol. The molecule has 0 bridgehead atoms. The molecule has 0 aromatic carbocycles. The van der Waals surface area contributed by atoms with Crippen molar-refractivity contribution >= 4 is 5.91 Å². The number of carbonyl (C=O) groups excluding carboxylic acids is 1. The van der Waals surface area contributed by atoms with Gasteiger partial charge < -0.3 is 20.8 Å². The van der Waals surface area contributed by atoms with E-state index in [2.05, 4.69) is 10.6 Å². The first-order chi connectivity index (χ1) is 7.59. The summed E-state index contributed by atoms with van der Waals surface area (Å²) in [5.41, 5.74) is -0.507. The van der Waals surface area contributed by atoms with Crippen LogP contribution in [0.25, 0.3) is 0 Å². The molecule has 0 aromatic heterocycles. The molecular formula is C11H22N2O3. The molecule has 1 amide bonds. The SMILES string of the molecule is CC(CO)(CO)CNCCC(=O)NC1CC1. The molecule has 1 aliphatic carbocycles. The Hall–Kier alpha value is -0.650. The van der Waals surface area contributed by atoms with Gasteiger partial charge in [0.1, 0.15) is 0 Å². The third-order valence-corrected chi connectivity index (χ3v) is 2.79. The minimum Gasteiger partial charge on any atom is -0.396 e. The van der Waals surface area contributed by atoms with Gasteiger partial charge in [-0.3, -0.25) is 4.79 Å². The van der Waals surface area contributed by atoms with Crippen LogP contribution in [0.5, 0.6) is 0 Å². The topological polar surface area (TPSA) is 81.6 Å². The highest BCUT2D eigenvalue weighted by atomic mass is 16.3. The Kier molecular flexibility index (Phi) is 5.18. The minimum absolute atomic E-state index is 0.0647. The van der Waals surface area contributed by atoms with Gasteiger partial charge in [-0.15, -0.1) is 0 Å². The smallest absolute Gasteiger partial charge is 0.221 e. The average molecular weight is 230 g/mol. The van der Waals surface area contributed by atoms with Crippen molar-refractivity contribution < 1.29 is 15.0 Å². The fraction of sp³-hybridized carbons (Fsp3) is 0.909. The minimum atomic E-state index is -0.507. The summed E-state index contributed by atoms with van der Waals surface area (Å²) in [6.45, 7) is 2.75. The Balaban J connectivity index is 2.03. The molecule has 0 aromatic rings. The number of nitrogens with one attached hydrogen (secondary N) is 2. The summed E-state index contributed by atoms with van der Waals surface area (Å²) in [6.07, 6.45) is 2.65. The van der Waals surface area contributed by atoms with Crippen LogP contribution in [0.3, 0.4) is 0 Å². The van der Waals surface area contributed by atoms with Crippen molar-refractivity contribution in [3.8, 4) is 0 Å². The lowest BCUT2D eigenvalue weighted by Gasteiger charge is -2.24. The fourth-order valence-electron chi connectivity index (χ4n) is 1.28. The molecule has 4 N–H and O–H groups in total. The largest absolute Gasteiger partial charge is 0.396 e. The Labute approximate surface area is 96.2 Å². The number of aliphatic hydroxyl groups is 2. The molecule has 94 valence electrons. The van der Waals surface area contributed by atoms with E-state index in [-0.39, 0.29) is 19.1 Å². The molecular weight excluding hydrogens is 208 g/mol. The molecule has 0 aliphatic heterocycles. The van der Waals surface area contributed by atoms with Crippen LogP contribution in [0.1, 0.15) is 26.2 Å². The van der Waals surface area contributed by atoms with Crippen LogP contribution in [-0.2, 0) is 4.79 Å². The van der Waals surface area contributed by atoms with E-state index < -0.39 is 5.41 Å². The first kappa shape index (κ1) is 13.4. The zero-order chi connectivity index (χ0) is 12.0. The van der Waals surface area contributed by atoms with Crippen LogP contribution < -0.4 is 10.6 Å². The molecule has 0 unspecified atom stereocenters. The standard InChI is InChI=1S/C11H22N2O3/c1-11(7-14,8-15)6-12-5-4-10(16)13-9-2-3-9/h9,12,14-15H,2-8H2,1H3,(H,13,16). The van der Waals surface area contributed by atoms with Gasteiger partial charge in [0.25, 0.3) is 0 Å². The Bertz CT molecular complexity index is 225. The number of carbonyl (C=O) groups is 1. The molecule has 1 saturated carbocycles. The Morgan fingerprint density at radius 1 is 1.38 bits per heavy atom. The maximum atomic E-state index is 11.3. The Morgan fingerprint density at radius 3 is 2.50 bits per heavy atom. The van der Waals surface area contributed by atoms with E-state index in [4.69, 9.17) is 10.2 Å². The lowest BCUT2D eigenvalue weighted by Crippen LogP contribution is -2.39. The van der Waals surface area contributed by atoms with Crippen molar-refractivity contribution in [3.63, 3.8) is 0 Å². The number of amides is 1. The molecule has 0 spiro atoms. The quantitative estimate of drug-likeness (QED) is 0.413. The van der Waals surface area contributed by atoms with E-state index in [9.17, 15) is 4.79 Å². The van der Waals surface area contributed by atoms with Gasteiger partial charge in [0.05, 0.1) is 13.2 Å². The molecule has 5 heteroatoms. The average Bonchev–Trinajstić information content (AvgIpc) is 3.08. The van der Waals surface area contributed by atoms with Gasteiger partial charge in [0.2, 0.25) is 5.91 Å². The van der Waals surface area contributed by atoms with E-state index in [1.54, 1.807) is 6.92 Å². The maximum Gasteiger partial charge on any atom is 0.221 e. The van der Waals surface area contributed by atoms with Crippen molar-refractivity contribution in [2.75, 3.05) is 26.3 Å². The summed E-state index contributed by atoms with van der Waals surface area (Å²) in [6, 6.07) is 0.410. The van der Waals surface area contributed by atoms with Crippen LogP contribution >= 0.6 is 0 Å². The van der Waals surface area contributed by atoms with Gasteiger partial charge in [-0.05, 0) is 12.8 Å². The second kappa shape index (κ2) is 6.18. The molecule has 0 atom stereocenters. The predicted octanol–water partition coefficient (Wildman–Crippen LogP) is -0.764. The number of hydrogen-bond donors (Lipinski definition) is 4. The molecule has 5 nitrogen and oxygen atoms in total. The highest BCUT2D eigenvalue weighted by Gasteiger charge is 2.23. The summed E-state index contributed by atoms with van der Waals surface area (Å²) in [4.78, 5) is 11.3. The van der Waals surface area contributed by atoms with Crippen LogP contribution in [-0.4, -0.2) is 48.5 Å². The van der Waals surface area contributed by atoms with E-state index >= 15 is 0 Å². The summed E-state index contributed by atoms with van der Waals surface area (Å²) in [5, 5.41) is 24.1. The number of aliphatic hydroxyl groups excluding tert-OH is 2. The van der Waals surface area contributed by atoms with Gasteiger partial charge in [0.15, 0.2) is 0 Å². The van der Waals surface area contributed by atoms with E-state index in [0.29, 0.717) is 25.6 Å². The Morgan fingerprint density at radius 2 is 2.00 bits per heavy atom. The van der Waals surface area contributed by atoms with Crippen molar-refractivity contribution in [1.82, 2.24) is 10.6 Å². The van der Waals surface area contributed by atoms with Crippen LogP contribution in [0.2, 0.25) is 0 Å². The van der Waals surface area contributed by atoms with Gasteiger partial charge >= 0.3 is 0 Å². The van der Waals surface area contributed by atoms with Gasteiger partial charge in [0, 0.05) is 31.0 Å². The van der Waals surface area contributed by atoms with Crippen molar-refractivity contribution in [1.29, 1.82) is 0 Å². The molecule has 1 aliphatic rings. The normalized spacial score (nSPS) is 16.2. The second-order valence-electron chi connectivity index (χ2n) is 4.90. The lowest BCUT2D eigenvalue weighted by molar-refractivity contribution is -0.121.